The summed E-state index contributed by atoms with van der Waals surface area (Å²) >= 11 is 1.67. The summed E-state index contributed by atoms with van der Waals surface area (Å²) in [7, 11) is 4.14. The van der Waals surface area contributed by atoms with E-state index in [0.717, 1.165) is 43.0 Å². The van der Waals surface area contributed by atoms with E-state index < -0.39 is 0 Å². The molecule has 0 unspecified atom stereocenters. The Morgan fingerprint density at radius 1 is 1.21 bits per heavy atom. The second kappa shape index (κ2) is 7.19. The first-order valence-corrected chi connectivity index (χ1v) is 9.62. The van der Waals surface area contributed by atoms with Crippen LogP contribution in [-0.4, -0.2) is 43.0 Å². The highest BCUT2D eigenvalue weighted by molar-refractivity contribution is 7.22. The minimum Gasteiger partial charge on any atom is -0.309 e. The molecule has 1 fully saturated rings. The summed E-state index contributed by atoms with van der Waals surface area (Å²) in [4.78, 5) is 21.9. The summed E-state index contributed by atoms with van der Waals surface area (Å²) in [6.07, 6.45) is 4.22. The van der Waals surface area contributed by atoms with Crippen LogP contribution in [0.25, 0.3) is 10.2 Å². The van der Waals surface area contributed by atoms with Gasteiger partial charge in [0.05, 0.1) is 10.2 Å². The van der Waals surface area contributed by atoms with Gasteiger partial charge in [0.1, 0.15) is 0 Å². The van der Waals surface area contributed by atoms with Crippen molar-refractivity contribution in [3.63, 3.8) is 0 Å². The number of rotatable bonds is 6. The standard InChI is InChI=1S/C19H27N3OS/c1-13-9-10-14(2)17-16(13)20-19(24-17)22(12-6-11-21(3)4)18(23)15-7-5-8-15/h9-10,15H,5-8,11-12H2,1-4H3. The average molecular weight is 346 g/mol. The van der Waals surface area contributed by atoms with Crippen LogP contribution in [0.15, 0.2) is 12.1 Å². The minimum absolute atomic E-state index is 0.207. The first-order valence-electron chi connectivity index (χ1n) is 8.80. The van der Waals surface area contributed by atoms with Crippen LogP contribution < -0.4 is 4.90 Å². The Hall–Kier alpha value is -1.46. The number of thiazole rings is 1. The van der Waals surface area contributed by atoms with Gasteiger partial charge in [0.2, 0.25) is 5.91 Å². The minimum atomic E-state index is 0.207. The van der Waals surface area contributed by atoms with Gasteiger partial charge in [-0.15, -0.1) is 0 Å². The quantitative estimate of drug-likeness (QED) is 0.794. The molecule has 0 aliphatic heterocycles. The molecule has 4 nitrogen and oxygen atoms in total. The third kappa shape index (κ3) is 3.47. The molecule has 1 aromatic heterocycles. The number of anilines is 1. The third-order valence-corrected chi connectivity index (χ3v) is 6.08. The summed E-state index contributed by atoms with van der Waals surface area (Å²) in [5, 5.41) is 0.873. The molecule has 1 amide bonds. The Morgan fingerprint density at radius 2 is 1.92 bits per heavy atom. The van der Waals surface area contributed by atoms with Crippen molar-refractivity contribution < 1.29 is 4.79 Å². The number of aryl methyl sites for hydroxylation is 2. The number of fused-ring (bicyclic) bond motifs is 1. The Balaban J connectivity index is 1.90. The molecule has 0 bridgehead atoms. The first-order chi connectivity index (χ1) is 11.5. The number of amides is 1. The van der Waals surface area contributed by atoms with Gasteiger partial charge in [-0.2, -0.15) is 0 Å². The van der Waals surface area contributed by atoms with Crippen molar-refractivity contribution >= 4 is 32.6 Å². The average Bonchev–Trinajstić information content (AvgIpc) is 2.91. The van der Waals surface area contributed by atoms with E-state index in [2.05, 4.69) is 45.0 Å². The summed E-state index contributed by atoms with van der Waals surface area (Å²) in [5.74, 6) is 0.480. The normalized spacial score (nSPS) is 15.0. The maximum Gasteiger partial charge on any atom is 0.231 e. The number of aromatic nitrogens is 1. The number of hydrogen-bond donors (Lipinski definition) is 0. The van der Waals surface area contributed by atoms with E-state index >= 15 is 0 Å². The lowest BCUT2D eigenvalue weighted by atomic mass is 9.84. The van der Waals surface area contributed by atoms with Gasteiger partial charge in [-0.1, -0.05) is 29.9 Å². The maximum atomic E-state index is 12.9. The van der Waals surface area contributed by atoms with Crippen LogP contribution in [0.2, 0.25) is 0 Å². The van der Waals surface area contributed by atoms with Crippen molar-refractivity contribution in [1.29, 1.82) is 0 Å². The molecule has 1 aromatic carbocycles. The Kier molecular flexibility index (Phi) is 5.21. The first kappa shape index (κ1) is 17.4. The molecule has 0 saturated heterocycles. The number of nitrogens with zero attached hydrogens (tertiary/aromatic N) is 3. The second-order valence-corrected chi connectivity index (χ2v) is 8.13. The Morgan fingerprint density at radius 3 is 2.50 bits per heavy atom. The molecule has 0 atom stereocenters. The van der Waals surface area contributed by atoms with E-state index in [1.54, 1.807) is 11.3 Å². The van der Waals surface area contributed by atoms with E-state index in [0.29, 0.717) is 0 Å². The van der Waals surface area contributed by atoms with Crippen LogP contribution in [0.3, 0.4) is 0 Å². The van der Waals surface area contributed by atoms with Crippen LogP contribution >= 0.6 is 11.3 Å². The van der Waals surface area contributed by atoms with E-state index in [9.17, 15) is 4.79 Å². The van der Waals surface area contributed by atoms with Gasteiger partial charge in [0.25, 0.3) is 0 Å². The molecule has 24 heavy (non-hydrogen) atoms. The Bertz CT molecular complexity index is 695. The molecule has 0 spiro atoms. The fourth-order valence-electron chi connectivity index (χ4n) is 3.08. The van der Waals surface area contributed by atoms with Crippen molar-refractivity contribution in [3.8, 4) is 0 Å². The third-order valence-electron chi connectivity index (χ3n) is 4.87. The van der Waals surface area contributed by atoms with Gasteiger partial charge in [-0.25, -0.2) is 4.98 Å². The van der Waals surface area contributed by atoms with E-state index in [4.69, 9.17) is 4.98 Å². The maximum absolute atomic E-state index is 12.9. The van der Waals surface area contributed by atoms with Crippen molar-refractivity contribution in [2.45, 2.75) is 39.5 Å². The van der Waals surface area contributed by atoms with E-state index in [-0.39, 0.29) is 11.8 Å². The summed E-state index contributed by atoms with van der Waals surface area (Å²) in [5.41, 5.74) is 3.47. The van der Waals surface area contributed by atoms with Gasteiger partial charge < -0.3 is 4.90 Å². The largest absolute Gasteiger partial charge is 0.309 e. The molecule has 3 rings (SSSR count). The van der Waals surface area contributed by atoms with Crippen molar-refractivity contribution in [2.75, 3.05) is 32.1 Å². The van der Waals surface area contributed by atoms with Gasteiger partial charge in [-0.3, -0.25) is 9.69 Å². The summed E-state index contributed by atoms with van der Waals surface area (Å²) in [6.45, 7) is 5.95. The molecule has 1 aliphatic carbocycles. The molecule has 130 valence electrons. The molecular weight excluding hydrogens is 318 g/mol. The van der Waals surface area contributed by atoms with Crippen LogP contribution in [0, 0.1) is 19.8 Å². The van der Waals surface area contributed by atoms with E-state index in [1.165, 1.54) is 22.2 Å². The van der Waals surface area contributed by atoms with E-state index in [1.807, 2.05) is 4.90 Å². The molecule has 2 aromatic rings. The number of benzene rings is 1. The van der Waals surface area contributed by atoms with Gasteiger partial charge in [-0.05, 0) is 64.9 Å². The summed E-state index contributed by atoms with van der Waals surface area (Å²) < 4.78 is 1.21. The van der Waals surface area contributed by atoms with Gasteiger partial charge in [0, 0.05) is 12.5 Å². The van der Waals surface area contributed by atoms with Crippen LogP contribution in [0.5, 0.6) is 0 Å². The highest BCUT2D eigenvalue weighted by Gasteiger charge is 2.31. The van der Waals surface area contributed by atoms with Crippen molar-refractivity contribution in [1.82, 2.24) is 9.88 Å². The fourth-order valence-corrected chi connectivity index (χ4v) is 4.23. The van der Waals surface area contributed by atoms with Crippen LogP contribution in [0.4, 0.5) is 5.13 Å². The monoisotopic (exact) mass is 345 g/mol. The molecule has 5 heteroatoms. The van der Waals surface area contributed by atoms with Crippen molar-refractivity contribution in [2.24, 2.45) is 5.92 Å². The molecule has 1 heterocycles. The lowest BCUT2D eigenvalue weighted by Gasteiger charge is -2.30. The summed E-state index contributed by atoms with van der Waals surface area (Å²) in [6, 6.07) is 4.26. The zero-order valence-electron chi connectivity index (χ0n) is 15.1. The van der Waals surface area contributed by atoms with Crippen LogP contribution in [-0.2, 0) is 4.79 Å². The molecule has 1 saturated carbocycles. The van der Waals surface area contributed by atoms with Crippen LogP contribution in [0.1, 0.15) is 36.8 Å². The smallest absolute Gasteiger partial charge is 0.231 e. The molecular formula is C19H27N3OS. The van der Waals surface area contributed by atoms with Gasteiger partial charge >= 0.3 is 0 Å². The molecule has 1 aliphatic rings. The van der Waals surface area contributed by atoms with Gasteiger partial charge in [0.15, 0.2) is 5.13 Å². The number of carbonyl (C=O) groups excluding carboxylic acids is 1. The predicted octanol–water partition coefficient (Wildman–Crippen LogP) is 4.00. The molecule has 0 radical (unpaired) electrons. The van der Waals surface area contributed by atoms with Crippen molar-refractivity contribution in [3.05, 3.63) is 23.3 Å². The second-order valence-electron chi connectivity index (χ2n) is 7.15. The highest BCUT2D eigenvalue weighted by Crippen LogP contribution is 2.36. The molecule has 0 N–H and O–H groups in total. The lowest BCUT2D eigenvalue weighted by molar-refractivity contribution is -0.124. The highest BCUT2D eigenvalue weighted by atomic mass is 32.1. The number of carbonyl (C=O) groups is 1. The topological polar surface area (TPSA) is 36.4 Å². The fraction of sp³-hybridized carbons (Fsp3) is 0.579. The zero-order valence-corrected chi connectivity index (χ0v) is 15.9. The Labute approximate surface area is 148 Å². The lowest BCUT2D eigenvalue weighted by Crippen LogP contribution is -2.40. The zero-order chi connectivity index (χ0) is 17.3. The number of hydrogen-bond acceptors (Lipinski definition) is 4. The SMILES string of the molecule is Cc1ccc(C)c2sc(N(CCCN(C)C)C(=O)C3CCC3)nc12. The predicted molar refractivity (Wildman–Crippen MR) is 102 cm³/mol.